The number of amides is 1. The molecule has 0 atom stereocenters. The summed E-state index contributed by atoms with van der Waals surface area (Å²) in [4.78, 5) is 18.2. The number of carbonyl (C=O) groups excluding carboxylic acids is 1. The fourth-order valence-electron chi connectivity index (χ4n) is 2.35. The van der Waals surface area contributed by atoms with Crippen LogP contribution in [0.15, 0.2) is 4.99 Å². The van der Waals surface area contributed by atoms with Crippen molar-refractivity contribution in [1.29, 1.82) is 0 Å². The molecule has 1 amide bonds. The zero-order valence-electron chi connectivity index (χ0n) is 14.8. The van der Waals surface area contributed by atoms with Crippen molar-refractivity contribution in [3.8, 4) is 0 Å². The molecule has 5 nitrogen and oxygen atoms in total. The maximum atomic E-state index is 12.1. The molecule has 0 fully saturated rings. The molecule has 128 valence electrons. The lowest BCUT2D eigenvalue weighted by atomic mass is 10.1. The molecular weight excluding hydrogens is 278 g/mol. The van der Waals surface area contributed by atoms with Gasteiger partial charge in [-0.3, -0.25) is 9.89 Å². The molecule has 0 saturated carbocycles. The molecule has 0 saturated heterocycles. The smallest absolute Gasteiger partial charge is 0.410 e. The van der Waals surface area contributed by atoms with E-state index in [-0.39, 0.29) is 6.09 Å². The van der Waals surface area contributed by atoms with Crippen LogP contribution in [0.1, 0.15) is 66.2 Å². The monoisotopic (exact) mass is 311 g/mol. The van der Waals surface area contributed by atoms with Gasteiger partial charge in [-0.15, -0.1) is 0 Å². The van der Waals surface area contributed by atoms with E-state index in [1.165, 1.54) is 32.1 Å². The van der Waals surface area contributed by atoms with Crippen molar-refractivity contribution in [2.24, 2.45) is 4.99 Å². The number of rotatable bonds is 7. The summed E-state index contributed by atoms with van der Waals surface area (Å²) in [7, 11) is 0. The summed E-state index contributed by atoms with van der Waals surface area (Å²) in [5, 5.41) is 3.36. The molecule has 0 aromatic rings. The predicted molar refractivity (Wildman–Crippen MR) is 91.5 cm³/mol. The minimum atomic E-state index is -0.447. The Morgan fingerprint density at radius 3 is 2.59 bits per heavy atom. The van der Waals surface area contributed by atoms with Gasteiger partial charge in [-0.2, -0.15) is 0 Å². The molecule has 22 heavy (non-hydrogen) atoms. The number of aliphatic imine (C=N–C) groups is 1. The molecule has 0 bridgehead atoms. The molecule has 1 heterocycles. The third-order valence-electron chi connectivity index (χ3n) is 3.52. The van der Waals surface area contributed by atoms with Crippen molar-refractivity contribution in [1.82, 2.24) is 10.2 Å². The van der Waals surface area contributed by atoms with Crippen LogP contribution < -0.4 is 5.32 Å². The van der Waals surface area contributed by atoms with E-state index in [2.05, 4.69) is 17.2 Å². The van der Waals surface area contributed by atoms with Gasteiger partial charge < -0.3 is 10.1 Å². The topological polar surface area (TPSA) is 53.9 Å². The van der Waals surface area contributed by atoms with E-state index in [1.54, 1.807) is 4.90 Å². The van der Waals surface area contributed by atoms with E-state index >= 15 is 0 Å². The first-order valence-corrected chi connectivity index (χ1v) is 8.67. The highest BCUT2D eigenvalue weighted by molar-refractivity contribution is 5.87. The lowest BCUT2D eigenvalue weighted by Crippen LogP contribution is -2.47. The van der Waals surface area contributed by atoms with Crippen LogP contribution in [0.4, 0.5) is 4.79 Å². The van der Waals surface area contributed by atoms with E-state index in [4.69, 9.17) is 4.74 Å². The molecule has 0 radical (unpaired) electrons. The average Bonchev–Trinajstić information content (AvgIpc) is 2.45. The number of hydrogen-bond acceptors (Lipinski definition) is 4. The Morgan fingerprint density at radius 1 is 1.23 bits per heavy atom. The minimum Gasteiger partial charge on any atom is -0.444 e. The summed E-state index contributed by atoms with van der Waals surface area (Å²) in [6, 6.07) is 0. The Kier molecular flexibility index (Phi) is 8.28. The second kappa shape index (κ2) is 9.70. The van der Waals surface area contributed by atoms with Crippen LogP contribution in [0.3, 0.4) is 0 Å². The van der Waals surface area contributed by atoms with Crippen LogP contribution in [0.5, 0.6) is 0 Å². The van der Waals surface area contributed by atoms with Crippen molar-refractivity contribution in [3.63, 3.8) is 0 Å². The van der Waals surface area contributed by atoms with Crippen LogP contribution in [0.2, 0.25) is 0 Å². The van der Waals surface area contributed by atoms with Gasteiger partial charge in [0.15, 0.2) is 0 Å². The first-order valence-electron chi connectivity index (χ1n) is 8.67. The molecule has 0 aliphatic carbocycles. The first kappa shape index (κ1) is 18.8. The molecule has 1 rings (SSSR count). The van der Waals surface area contributed by atoms with Crippen molar-refractivity contribution in [2.45, 2.75) is 71.8 Å². The van der Waals surface area contributed by atoms with Crippen LogP contribution in [-0.4, -0.2) is 48.6 Å². The maximum absolute atomic E-state index is 12.1. The van der Waals surface area contributed by atoms with Gasteiger partial charge in [-0.1, -0.05) is 39.0 Å². The Morgan fingerprint density at radius 2 is 1.91 bits per heavy atom. The molecule has 0 spiro atoms. The van der Waals surface area contributed by atoms with Gasteiger partial charge in [0.25, 0.3) is 0 Å². The Balaban J connectivity index is 2.20. The Bertz CT molecular complexity index is 361. The zero-order valence-corrected chi connectivity index (χ0v) is 14.8. The first-order chi connectivity index (χ1) is 10.4. The van der Waals surface area contributed by atoms with Crippen LogP contribution in [-0.2, 0) is 4.74 Å². The second-order valence-electron chi connectivity index (χ2n) is 6.92. The highest BCUT2D eigenvalue weighted by atomic mass is 16.6. The summed E-state index contributed by atoms with van der Waals surface area (Å²) < 4.78 is 5.41. The van der Waals surface area contributed by atoms with Crippen molar-refractivity contribution in [3.05, 3.63) is 0 Å². The summed E-state index contributed by atoms with van der Waals surface area (Å²) >= 11 is 0. The molecule has 1 N–H and O–H groups in total. The van der Waals surface area contributed by atoms with Gasteiger partial charge in [-0.05, 0) is 27.2 Å². The van der Waals surface area contributed by atoms with Crippen LogP contribution in [0, 0.1) is 0 Å². The van der Waals surface area contributed by atoms with Gasteiger partial charge in [0.05, 0.1) is 13.1 Å². The molecule has 0 aromatic carbocycles. The fraction of sp³-hybridized carbons (Fsp3) is 0.882. The maximum Gasteiger partial charge on any atom is 0.410 e. The van der Waals surface area contributed by atoms with Crippen LogP contribution in [0.25, 0.3) is 0 Å². The van der Waals surface area contributed by atoms with E-state index in [0.29, 0.717) is 19.6 Å². The normalized spacial score (nSPS) is 15.5. The van der Waals surface area contributed by atoms with E-state index in [9.17, 15) is 4.79 Å². The molecular formula is C17H33N3O2. The van der Waals surface area contributed by atoms with Gasteiger partial charge in [0.2, 0.25) is 0 Å². The Labute approximate surface area is 135 Å². The zero-order chi connectivity index (χ0) is 16.4. The summed E-state index contributed by atoms with van der Waals surface area (Å²) in [6.07, 6.45) is 7.45. The SMILES string of the molecule is CCCCCCCCNC1=NCCN(C(=O)OC(C)(C)C)C1. The molecule has 5 heteroatoms. The van der Waals surface area contributed by atoms with Crippen molar-refractivity contribution >= 4 is 11.9 Å². The second-order valence-corrected chi connectivity index (χ2v) is 6.92. The van der Waals surface area contributed by atoms with Crippen molar-refractivity contribution < 1.29 is 9.53 Å². The largest absolute Gasteiger partial charge is 0.444 e. The van der Waals surface area contributed by atoms with E-state index in [0.717, 1.165) is 18.8 Å². The number of hydrogen-bond donors (Lipinski definition) is 1. The van der Waals surface area contributed by atoms with E-state index < -0.39 is 5.60 Å². The number of unbranched alkanes of at least 4 members (excludes halogenated alkanes) is 5. The highest BCUT2D eigenvalue weighted by Gasteiger charge is 2.24. The van der Waals surface area contributed by atoms with Gasteiger partial charge in [0.1, 0.15) is 11.4 Å². The van der Waals surface area contributed by atoms with Gasteiger partial charge >= 0.3 is 6.09 Å². The summed E-state index contributed by atoms with van der Waals surface area (Å²) in [5.41, 5.74) is -0.447. The standard InChI is InChI=1S/C17H33N3O2/c1-5-6-7-8-9-10-11-18-15-14-20(13-12-19-15)16(21)22-17(2,3)4/h5-14H2,1-4H3,(H,18,19). The predicted octanol–water partition coefficient (Wildman–Crippen LogP) is 3.59. The highest BCUT2D eigenvalue weighted by Crippen LogP contribution is 2.11. The van der Waals surface area contributed by atoms with Crippen molar-refractivity contribution in [2.75, 3.05) is 26.2 Å². The molecule has 1 aliphatic heterocycles. The third-order valence-corrected chi connectivity index (χ3v) is 3.52. The lowest BCUT2D eigenvalue weighted by Gasteiger charge is -2.29. The van der Waals surface area contributed by atoms with E-state index in [1.807, 2.05) is 20.8 Å². The Hall–Kier alpha value is -1.26. The van der Waals surface area contributed by atoms with Crippen LogP contribution >= 0.6 is 0 Å². The number of nitrogens with zero attached hydrogens (tertiary/aromatic N) is 2. The lowest BCUT2D eigenvalue weighted by molar-refractivity contribution is 0.0276. The number of nitrogens with one attached hydrogen (secondary N) is 1. The van der Waals surface area contributed by atoms with Gasteiger partial charge in [-0.25, -0.2) is 4.79 Å². The molecule has 1 aliphatic rings. The number of carbonyl (C=O) groups is 1. The molecule has 0 aromatic heterocycles. The molecule has 0 unspecified atom stereocenters. The average molecular weight is 311 g/mol. The number of amidine groups is 1. The minimum absolute atomic E-state index is 0.249. The summed E-state index contributed by atoms with van der Waals surface area (Å²) in [6.45, 7) is 10.7. The van der Waals surface area contributed by atoms with Gasteiger partial charge in [0, 0.05) is 13.1 Å². The quantitative estimate of drug-likeness (QED) is 0.731. The third kappa shape index (κ3) is 8.25. The fourth-order valence-corrected chi connectivity index (χ4v) is 2.35. The number of ether oxygens (including phenoxy) is 1. The summed E-state index contributed by atoms with van der Waals surface area (Å²) in [5.74, 6) is 0.908.